The summed E-state index contributed by atoms with van der Waals surface area (Å²) in [6, 6.07) is 9.41. The molecule has 1 aliphatic heterocycles. The molecule has 1 saturated heterocycles. The highest BCUT2D eigenvalue weighted by Gasteiger charge is 2.13. The van der Waals surface area contributed by atoms with E-state index in [0.717, 1.165) is 49.7 Å². The Bertz CT molecular complexity index is 1050. The molecule has 1 aromatic carbocycles. The Kier molecular flexibility index (Phi) is 8.18. The Labute approximate surface area is 196 Å². The zero-order chi connectivity index (χ0) is 22.9. The fraction of sp³-hybridized carbons (Fsp3) is 0.391. The molecular weight excluding hydrogens is 442 g/mol. The van der Waals surface area contributed by atoms with Crippen molar-refractivity contribution in [2.24, 2.45) is 0 Å². The van der Waals surface area contributed by atoms with Gasteiger partial charge in [-0.1, -0.05) is 12.1 Å². The molecule has 1 fully saturated rings. The maximum Gasteiger partial charge on any atom is 0.248 e. The van der Waals surface area contributed by atoms with Crippen molar-refractivity contribution in [2.75, 3.05) is 38.2 Å². The van der Waals surface area contributed by atoms with Crippen LogP contribution in [0.5, 0.6) is 0 Å². The summed E-state index contributed by atoms with van der Waals surface area (Å²) in [5.41, 5.74) is 2.52. The summed E-state index contributed by atoms with van der Waals surface area (Å²) in [7, 11) is 0. The second-order valence-electron chi connectivity index (χ2n) is 7.74. The highest BCUT2D eigenvalue weighted by molar-refractivity contribution is 7.08. The fourth-order valence-corrected chi connectivity index (χ4v) is 4.06. The Hall–Kier alpha value is -3.08. The molecule has 4 rings (SSSR count). The molecular formula is C23H27N5O4S. The zero-order valence-corrected chi connectivity index (χ0v) is 19.1. The number of aryl methyl sites for hydroxylation is 1. The van der Waals surface area contributed by atoms with E-state index in [1.165, 1.54) is 0 Å². The second-order valence-corrected chi connectivity index (χ2v) is 8.52. The summed E-state index contributed by atoms with van der Waals surface area (Å²) in [5, 5.41) is 17.7. The lowest BCUT2D eigenvalue weighted by molar-refractivity contribution is -0.121. The first-order chi connectivity index (χ1) is 16.2. The summed E-state index contributed by atoms with van der Waals surface area (Å²) >= 11 is 1.56. The number of hydrogen-bond donors (Lipinski definition) is 2. The van der Waals surface area contributed by atoms with Crippen molar-refractivity contribution in [3.05, 3.63) is 52.5 Å². The van der Waals surface area contributed by atoms with Crippen LogP contribution in [-0.2, 0) is 27.3 Å². The van der Waals surface area contributed by atoms with Gasteiger partial charge >= 0.3 is 0 Å². The number of hydrogen-bond acceptors (Lipinski definition) is 8. The van der Waals surface area contributed by atoms with Crippen molar-refractivity contribution in [1.29, 1.82) is 0 Å². The third kappa shape index (κ3) is 7.21. The maximum absolute atomic E-state index is 12.3. The third-order valence-electron chi connectivity index (χ3n) is 5.26. The van der Waals surface area contributed by atoms with Gasteiger partial charge in [0.2, 0.25) is 23.6 Å². The number of nitrogens with zero attached hydrogens (tertiary/aromatic N) is 3. The summed E-state index contributed by atoms with van der Waals surface area (Å²) in [6.45, 7) is 4.27. The molecule has 0 atom stereocenters. The van der Waals surface area contributed by atoms with Crippen LogP contribution in [0.2, 0.25) is 0 Å². The number of rotatable bonds is 10. The Morgan fingerprint density at radius 1 is 1.09 bits per heavy atom. The minimum atomic E-state index is -0.106. The average molecular weight is 470 g/mol. The number of thiophene rings is 1. The molecule has 2 N–H and O–H groups in total. The van der Waals surface area contributed by atoms with E-state index in [9.17, 15) is 9.59 Å². The average Bonchev–Trinajstić information content (AvgIpc) is 3.53. The van der Waals surface area contributed by atoms with Crippen LogP contribution in [0, 0.1) is 0 Å². The number of aromatic nitrogens is 2. The second kappa shape index (κ2) is 11.7. The number of carbonyl (C=O) groups is 2. The van der Waals surface area contributed by atoms with Gasteiger partial charge in [-0.25, -0.2) is 0 Å². The van der Waals surface area contributed by atoms with Gasteiger partial charge < -0.3 is 19.8 Å². The van der Waals surface area contributed by atoms with Gasteiger partial charge in [-0.2, -0.15) is 11.3 Å². The van der Waals surface area contributed by atoms with Crippen molar-refractivity contribution in [3.63, 3.8) is 0 Å². The quantitative estimate of drug-likeness (QED) is 0.470. The van der Waals surface area contributed by atoms with Crippen LogP contribution < -0.4 is 10.6 Å². The summed E-state index contributed by atoms with van der Waals surface area (Å²) < 4.78 is 10.9. The molecule has 0 saturated carbocycles. The standard InChI is InChI=1S/C23H27N5O4S/c29-20(4-5-22-26-27-23(32-22)18-7-13-33-16-18)24-15-17-2-1-3-19(14-17)25-21(30)6-8-28-9-11-31-12-10-28/h1-3,7,13-14,16H,4-6,8-12,15H2,(H,24,29)(H,25,30). The Balaban J connectivity index is 1.18. The molecule has 2 aromatic heterocycles. The molecule has 0 spiro atoms. The van der Waals surface area contributed by atoms with Gasteiger partial charge in [-0.15, -0.1) is 10.2 Å². The highest BCUT2D eigenvalue weighted by atomic mass is 32.1. The monoisotopic (exact) mass is 469 g/mol. The first-order valence-electron chi connectivity index (χ1n) is 11.0. The SMILES string of the molecule is O=C(CCc1nnc(-c2ccsc2)o1)NCc1cccc(NC(=O)CCN2CCOCC2)c1. The van der Waals surface area contributed by atoms with Crippen molar-refractivity contribution >= 4 is 28.8 Å². The predicted molar refractivity (Wildman–Crippen MR) is 125 cm³/mol. The van der Waals surface area contributed by atoms with E-state index >= 15 is 0 Å². The van der Waals surface area contributed by atoms with Gasteiger partial charge in [0.25, 0.3) is 0 Å². The number of morpholine rings is 1. The molecule has 3 heterocycles. The van der Waals surface area contributed by atoms with Crippen molar-refractivity contribution in [3.8, 4) is 11.5 Å². The smallest absolute Gasteiger partial charge is 0.248 e. The van der Waals surface area contributed by atoms with Crippen molar-refractivity contribution in [1.82, 2.24) is 20.4 Å². The number of nitrogens with one attached hydrogen (secondary N) is 2. The lowest BCUT2D eigenvalue weighted by Gasteiger charge is -2.26. The molecule has 0 radical (unpaired) electrons. The van der Waals surface area contributed by atoms with E-state index in [0.29, 0.717) is 31.2 Å². The van der Waals surface area contributed by atoms with E-state index in [1.807, 2.05) is 41.1 Å². The number of ether oxygens (including phenoxy) is 1. The number of anilines is 1. The van der Waals surface area contributed by atoms with Crippen LogP contribution in [0.15, 0.2) is 45.5 Å². The van der Waals surface area contributed by atoms with Crippen LogP contribution in [0.4, 0.5) is 5.69 Å². The molecule has 1 aliphatic rings. The molecule has 0 unspecified atom stereocenters. The van der Waals surface area contributed by atoms with Crippen LogP contribution in [0.1, 0.15) is 24.3 Å². The Morgan fingerprint density at radius 2 is 1.97 bits per heavy atom. The summed E-state index contributed by atoms with van der Waals surface area (Å²) in [5.74, 6) is 0.776. The normalized spacial score (nSPS) is 14.2. The number of benzene rings is 1. The van der Waals surface area contributed by atoms with E-state index < -0.39 is 0 Å². The zero-order valence-electron chi connectivity index (χ0n) is 18.3. The minimum absolute atomic E-state index is 0.0240. The first kappa shape index (κ1) is 23.1. The van der Waals surface area contributed by atoms with Gasteiger partial charge in [-0.05, 0) is 29.1 Å². The molecule has 0 bridgehead atoms. The minimum Gasteiger partial charge on any atom is -0.421 e. The largest absolute Gasteiger partial charge is 0.421 e. The fourth-order valence-electron chi connectivity index (χ4n) is 3.43. The number of amides is 2. The van der Waals surface area contributed by atoms with E-state index in [4.69, 9.17) is 9.15 Å². The van der Waals surface area contributed by atoms with Crippen LogP contribution in [0.25, 0.3) is 11.5 Å². The Morgan fingerprint density at radius 3 is 2.79 bits per heavy atom. The highest BCUT2D eigenvalue weighted by Crippen LogP contribution is 2.20. The molecule has 0 aliphatic carbocycles. The van der Waals surface area contributed by atoms with Gasteiger partial charge in [0.1, 0.15) is 0 Å². The molecule has 9 nitrogen and oxygen atoms in total. The summed E-state index contributed by atoms with van der Waals surface area (Å²) in [6.07, 6.45) is 1.07. The van der Waals surface area contributed by atoms with E-state index in [2.05, 4.69) is 25.7 Å². The first-order valence-corrected chi connectivity index (χ1v) is 11.9. The predicted octanol–water partition coefficient (Wildman–Crippen LogP) is 2.71. The van der Waals surface area contributed by atoms with Gasteiger partial charge in [0.15, 0.2) is 0 Å². The van der Waals surface area contributed by atoms with Crippen molar-refractivity contribution < 1.29 is 18.7 Å². The van der Waals surface area contributed by atoms with Crippen LogP contribution >= 0.6 is 11.3 Å². The lowest BCUT2D eigenvalue weighted by atomic mass is 10.2. The van der Waals surface area contributed by atoms with Crippen molar-refractivity contribution in [2.45, 2.75) is 25.8 Å². The van der Waals surface area contributed by atoms with Gasteiger partial charge in [-0.3, -0.25) is 14.5 Å². The molecule has 3 aromatic rings. The number of carbonyl (C=O) groups excluding carboxylic acids is 2. The topological polar surface area (TPSA) is 110 Å². The van der Waals surface area contributed by atoms with Gasteiger partial charge in [0.05, 0.1) is 13.2 Å². The van der Waals surface area contributed by atoms with E-state index in [-0.39, 0.29) is 18.2 Å². The lowest BCUT2D eigenvalue weighted by Crippen LogP contribution is -2.38. The van der Waals surface area contributed by atoms with Crippen LogP contribution in [-0.4, -0.2) is 59.8 Å². The van der Waals surface area contributed by atoms with E-state index in [1.54, 1.807) is 11.3 Å². The third-order valence-corrected chi connectivity index (χ3v) is 5.94. The molecule has 10 heteroatoms. The molecule has 2 amide bonds. The van der Waals surface area contributed by atoms with Crippen LogP contribution in [0.3, 0.4) is 0 Å². The molecule has 174 valence electrons. The summed E-state index contributed by atoms with van der Waals surface area (Å²) in [4.78, 5) is 26.7. The maximum atomic E-state index is 12.3. The molecule has 33 heavy (non-hydrogen) atoms. The van der Waals surface area contributed by atoms with Gasteiger partial charge in [0, 0.05) is 62.1 Å².